The number of thiophene rings is 1. The zero-order chi connectivity index (χ0) is 55.7. The Morgan fingerprint density at radius 1 is 0.271 bits per heavy atom. The van der Waals surface area contributed by atoms with Gasteiger partial charge >= 0.3 is 0 Å². The maximum absolute atomic E-state index is 5.75. The number of benzene rings is 15. The molecule has 0 bridgehead atoms. The number of nitrogens with zero attached hydrogens (tertiary/aromatic N) is 4. The Labute approximate surface area is 493 Å². The second kappa shape index (κ2) is 18.8. The molecule has 0 atom stereocenters. The molecule has 0 N–H and O–H groups in total. The Bertz CT molecular complexity index is 5610. The first-order valence-electron chi connectivity index (χ1n) is 29.0. The summed E-state index contributed by atoms with van der Waals surface area (Å²) in [4.78, 5) is 13.9. The summed E-state index contributed by atoms with van der Waals surface area (Å²) in [6.45, 7) is 0. The quantitative estimate of drug-likeness (QED) is 0.142. The summed E-state index contributed by atoms with van der Waals surface area (Å²) in [5.74, 6) is 0.621. The lowest BCUT2D eigenvalue weighted by Gasteiger charge is -2.27. The zero-order valence-electron chi connectivity index (χ0n) is 45.9. The van der Waals surface area contributed by atoms with Gasteiger partial charge < -0.3 is 4.90 Å². The van der Waals surface area contributed by atoms with Gasteiger partial charge in [0.1, 0.15) is 0 Å². The van der Waals surface area contributed by atoms with Gasteiger partial charge in [-0.3, -0.25) is 4.57 Å². The molecular formula is C80H48N4S. The molecule has 15 aromatic carbocycles. The minimum atomic E-state index is 0.621. The largest absolute Gasteiger partial charge is 0.310 e. The molecule has 4 nitrogen and oxygen atoms in total. The summed E-state index contributed by atoms with van der Waals surface area (Å²) < 4.78 is 4.81. The van der Waals surface area contributed by atoms with Gasteiger partial charge in [0, 0.05) is 59.8 Å². The van der Waals surface area contributed by atoms with Crippen LogP contribution in [-0.2, 0) is 0 Å². The lowest BCUT2D eigenvalue weighted by molar-refractivity contribution is 1.00. The van der Waals surface area contributed by atoms with Gasteiger partial charge in [-0.15, -0.1) is 11.3 Å². The Morgan fingerprint density at radius 2 is 0.753 bits per heavy atom. The summed E-state index contributed by atoms with van der Waals surface area (Å²) >= 11 is 1.85. The van der Waals surface area contributed by atoms with Crippen LogP contribution in [0.1, 0.15) is 0 Å². The number of hydrogen-bond donors (Lipinski definition) is 0. The van der Waals surface area contributed by atoms with Crippen molar-refractivity contribution in [1.29, 1.82) is 0 Å². The van der Waals surface area contributed by atoms with Crippen LogP contribution in [0.3, 0.4) is 0 Å². The second-order valence-electron chi connectivity index (χ2n) is 22.4. The first-order valence-corrected chi connectivity index (χ1v) is 29.8. The van der Waals surface area contributed by atoms with E-state index in [1.54, 1.807) is 0 Å². The normalized spacial score (nSPS) is 12.0. The van der Waals surface area contributed by atoms with Gasteiger partial charge in [0.15, 0.2) is 0 Å². The van der Waals surface area contributed by atoms with Crippen molar-refractivity contribution in [3.8, 4) is 50.7 Å². The van der Waals surface area contributed by atoms with Crippen molar-refractivity contribution in [2.45, 2.75) is 0 Å². The maximum Gasteiger partial charge on any atom is 0.235 e. The van der Waals surface area contributed by atoms with Gasteiger partial charge in [0.25, 0.3) is 0 Å². The molecule has 85 heavy (non-hydrogen) atoms. The minimum absolute atomic E-state index is 0.621. The van der Waals surface area contributed by atoms with Gasteiger partial charge in [-0.25, -0.2) is 9.97 Å². The zero-order valence-corrected chi connectivity index (χ0v) is 46.7. The Hall–Kier alpha value is -11.0. The molecule has 0 radical (unpaired) electrons. The summed E-state index contributed by atoms with van der Waals surface area (Å²) in [6, 6.07) is 107. The van der Waals surface area contributed by atoms with E-state index in [-0.39, 0.29) is 0 Å². The number of aromatic nitrogens is 3. The first kappa shape index (κ1) is 47.6. The maximum atomic E-state index is 5.75. The predicted octanol–water partition coefficient (Wildman–Crippen LogP) is 22.4. The smallest absolute Gasteiger partial charge is 0.235 e. The van der Waals surface area contributed by atoms with Crippen molar-refractivity contribution in [2.24, 2.45) is 0 Å². The highest BCUT2D eigenvalue weighted by Gasteiger charge is 2.26. The summed E-state index contributed by atoms with van der Waals surface area (Å²) in [6.07, 6.45) is 0. The molecular weight excluding hydrogens is 1050 g/mol. The highest BCUT2D eigenvalue weighted by atomic mass is 32.1. The second-order valence-corrected chi connectivity index (χ2v) is 23.5. The number of hydrogen-bond acceptors (Lipinski definition) is 4. The third-order valence-electron chi connectivity index (χ3n) is 17.7. The highest BCUT2D eigenvalue weighted by molar-refractivity contribution is 7.26. The van der Waals surface area contributed by atoms with Crippen LogP contribution in [0.2, 0.25) is 0 Å². The first-order chi connectivity index (χ1) is 42.1. The van der Waals surface area contributed by atoms with E-state index in [9.17, 15) is 0 Å². The molecule has 0 unspecified atom stereocenters. The Balaban J connectivity index is 0.916. The van der Waals surface area contributed by atoms with Crippen molar-refractivity contribution < 1.29 is 0 Å². The SMILES string of the molecule is c1ccc(-c2ccc(N(c3cc4ccc5cccc6ccc(c3)c4c56)c3ccc4sc5c(ccc6c7ccc8c9ccccc9c9ccccc9c8c7n(-c7nc(-c8ccccc8)cc(-c8cccc(-c9ccccc9)c8)n7)c65)c4c3)cc2)cc1. The Kier molecular flexibility index (Phi) is 10.5. The van der Waals surface area contributed by atoms with Gasteiger partial charge in [-0.1, -0.05) is 237 Å². The summed E-state index contributed by atoms with van der Waals surface area (Å²) in [7, 11) is 0. The fourth-order valence-corrected chi connectivity index (χ4v) is 15.0. The molecule has 0 saturated carbocycles. The van der Waals surface area contributed by atoms with E-state index in [2.05, 4.69) is 301 Å². The highest BCUT2D eigenvalue weighted by Crippen LogP contribution is 2.49. The monoisotopic (exact) mass is 1100 g/mol. The lowest BCUT2D eigenvalue weighted by Crippen LogP contribution is -2.10. The van der Waals surface area contributed by atoms with Crippen LogP contribution < -0.4 is 4.90 Å². The predicted molar refractivity (Wildman–Crippen MR) is 362 cm³/mol. The summed E-state index contributed by atoms with van der Waals surface area (Å²) in [5.41, 5.74) is 13.9. The topological polar surface area (TPSA) is 34.0 Å². The molecule has 18 rings (SSSR count). The van der Waals surface area contributed by atoms with Gasteiger partial charge in [0.2, 0.25) is 5.95 Å². The van der Waals surface area contributed by atoms with E-state index in [0.717, 1.165) is 72.5 Å². The van der Waals surface area contributed by atoms with Crippen molar-refractivity contribution in [3.05, 3.63) is 291 Å². The van der Waals surface area contributed by atoms with Gasteiger partial charge in [-0.05, 0) is 136 Å². The molecule has 18 aromatic rings. The van der Waals surface area contributed by atoms with E-state index in [0.29, 0.717) is 5.95 Å². The molecule has 394 valence electrons. The van der Waals surface area contributed by atoms with E-state index in [1.165, 1.54) is 95.9 Å². The fourth-order valence-electron chi connectivity index (χ4n) is 13.8. The van der Waals surface area contributed by atoms with Crippen LogP contribution in [0.5, 0.6) is 0 Å². The number of fused-ring (bicyclic) bond motifs is 14. The number of anilines is 3. The van der Waals surface area contributed by atoms with Crippen LogP contribution >= 0.6 is 11.3 Å². The van der Waals surface area contributed by atoms with E-state index >= 15 is 0 Å². The molecule has 3 heterocycles. The summed E-state index contributed by atoms with van der Waals surface area (Å²) in [5, 5.41) is 19.5. The van der Waals surface area contributed by atoms with Crippen LogP contribution in [0.25, 0.3) is 157 Å². The van der Waals surface area contributed by atoms with E-state index in [4.69, 9.17) is 9.97 Å². The van der Waals surface area contributed by atoms with Crippen LogP contribution in [-0.4, -0.2) is 14.5 Å². The van der Waals surface area contributed by atoms with Crippen molar-refractivity contribution in [2.75, 3.05) is 4.90 Å². The van der Waals surface area contributed by atoms with Crippen LogP contribution in [0, 0.1) is 0 Å². The molecule has 0 spiro atoms. The minimum Gasteiger partial charge on any atom is -0.310 e. The Morgan fingerprint density at radius 3 is 1.44 bits per heavy atom. The molecule has 5 heteroatoms. The van der Waals surface area contributed by atoms with Crippen LogP contribution in [0.4, 0.5) is 17.1 Å². The van der Waals surface area contributed by atoms with Gasteiger partial charge in [0.05, 0.1) is 27.1 Å². The van der Waals surface area contributed by atoms with Gasteiger partial charge in [-0.2, -0.15) is 0 Å². The van der Waals surface area contributed by atoms with Crippen molar-refractivity contribution in [1.82, 2.24) is 14.5 Å². The average Bonchev–Trinajstić information content (AvgIpc) is 2.27. The molecule has 0 saturated heterocycles. The molecule has 0 aliphatic rings. The lowest BCUT2D eigenvalue weighted by atomic mass is 9.93. The van der Waals surface area contributed by atoms with Crippen molar-refractivity contribution in [3.63, 3.8) is 0 Å². The molecule has 0 fully saturated rings. The van der Waals surface area contributed by atoms with E-state index in [1.807, 2.05) is 11.3 Å². The average molecular weight is 1100 g/mol. The fraction of sp³-hybridized carbons (Fsp3) is 0. The standard InChI is InChI=1S/C80H48N4S/c1-4-16-49(17-5-1)51-34-36-59(37-35-51)83(61-45-57-32-30-53-22-14-23-54-31-33-58(46-61)75(57)74(53)54)60-38-43-73-70(47-60)69-42-41-68-67-40-39-66-64-28-11-10-26-62(64)63-27-12-13-29-65(63)76(66)77(67)84(78(68)79(69)85-73)80-81-71(52-20-8-3-9-21-52)48-72(82-80)56-25-15-24-55(44-56)50-18-6-2-7-19-50/h1-48H. The van der Waals surface area contributed by atoms with Crippen molar-refractivity contribution >= 4 is 135 Å². The molecule has 0 amide bonds. The third-order valence-corrected chi connectivity index (χ3v) is 18.9. The molecule has 0 aliphatic carbocycles. The molecule has 3 aromatic heterocycles. The number of rotatable bonds is 8. The third kappa shape index (κ3) is 7.47. The van der Waals surface area contributed by atoms with E-state index < -0.39 is 0 Å². The molecule has 0 aliphatic heterocycles. The van der Waals surface area contributed by atoms with Crippen LogP contribution in [0.15, 0.2) is 291 Å².